The van der Waals surface area contributed by atoms with Crippen LogP contribution in [-0.2, 0) is 0 Å². The first-order chi connectivity index (χ1) is 18.8. The molecule has 8 rings (SSSR count). The van der Waals surface area contributed by atoms with Gasteiger partial charge in [-0.05, 0) is 69.4 Å². The van der Waals surface area contributed by atoms with E-state index >= 15 is 0 Å². The van der Waals surface area contributed by atoms with Crippen LogP contribution in [-0.4, -0.2) is 0 Å². The molecule has 0 bridgehead atoms. The second-order valence-corrected chi connectivity index (χ2v) is 9.81. The largest absolute Gasteiger partial charge is 0.456 e. The van der Waals surface area contributed by atoms with Gasteiger partial charge in [-0.2, -0.15) is 0 Å². The summed E-state index contributed by atoms with van der Waals surface area (Å²) in [5, 5.41) is 9.66. The smallest absolute Gasteiger partial charge is 0.135 e. The van der Waals surface area contributed by atoms with E-state index in [0.717, 1.165) is 39.0 Å². The van der Waals surface area contributed by atoms with Crippen LogP contribution < -0.4 is 4.90 Å². The summed E-state index contributed by atoms with van der Waals surface area (Å²) in [5.41, 5.74) is 5.18. The third-order valence-corrected chi connectivity index (χ3v) is 7.60. The molecule has 38 heavy (non-hydrogen) atoms. The quantitative estimate of drug-likeness (QED) is 0.231. The molecule has 0 unspecified atom stereocenters. The number of para-hydroxylation sites is 1. The van der Waals surface area contributed by atoms with E-state index in [1.807, 2.05) is 12.1 Å². The van der Waals surface area contributed by atoms with Crippen molar-refractivity contribution in [3.05, 3.63) is 140 Å². The molecule has 0 saturated heterocycles. The minimum absolute atomic E-state index is 0.900. The van der Waals surface area contributed by atoms with Gasteiger partial charge in [-0.25, -0.2) is 0 Å². The Labute approximate surface area is 220 Å². The van der Waals surface area contributed by atoms with E-state index in [0.29, 0.717) is 0 Å². The molecule has 2 nitrogen and oxygen atoms in total. The number of nitrogens with zero attached hydrogens (tertiary/aromatic N) is 1. The van der Waals surface area contributed by atoms with Crippen LogP contribution in [0.4, 0.5) is 17.1 Å². The molecule has 2 heteroatoms. The zero-order chi connectivity index (χ0) is 25.1. The monoisotopic (exact) mass is 485 g/mol. The lowest BCUT2D eigenvalue weighted by molar-refractivity contribution is 0.669. The van der Waals surface area contributed by atoms with E-state index in [1.54, 1.807) is 0 Å². The topological polar surface area (TPSA) is 16.4 Å². The number of benzene rings is 7. The van der Waals surface area contributed by atoms with Crippen molar-refractivity contribution in [3.63, 3.8) is 0 Å². The molecular weight excluding hydrogens is 462 g/mol. The fraction of sp³-hybridized carbons (Fsp3) is 0. The Morgan fingerprint density at radius 2 is 0.974 bits per heavy atom. The van der Waals surface area contributed by atoms with Crippen molar-refractivity contribution in [1.82, 2.24) is 0 Å². The van der Waals surface area contributed by atoms with E-state index in [4.69, 9.17) is 4.42 Å². The summed E-state index contributed by atoms with van der Waals surface area (Å²) in [6.07, 6.45) is 0. The van der Waals surface area contributed by atoms with Crippen LogP contribution in [0.5, 0.6) is 0 Å². The molecule has 0 aliphatic carbocycles. The molecule has 0 N–H and O–H groups in total. The third kappa shape index (κ3) is 3.21. The molecule has 0 radical (unpaired) electrons. The zero-order valence-corrected chi connectivity index (χ0v) is 20.6. The average Bonchev–Trinajstić information content (AvgIpc) is 3.35. The molecule has 0 aliphatic heterocycles. The summed E-state index contributed by atoms with van der Waals surface area (Å²) in [5.74, 6) is 0. The highest BCUT2D eigenvalue weighted by atomic mass is 16.3. The molecule has 0 amide bonds. The molecule has 1 heterocycles. The summed E-state index contributed by atoms with van der Waals surface area (Å²) in [6, 6.07) is 49.8. The van der Waals surface area contributed by atoms with Crippen LogP contribution in [0.2, 0.25) is 0 Å². The van der Waals surface area contributed by atoms with Crippen molar-refractivity contribution in [3.8, 4) is 0 Å². The van der Waals surface area contributed by atoms with Gasteiger partial charge in [0.1, 0.15) is 11.2 Å². The summed E-state index contributed by atoms with van der Waals surface area (Å²) >= 11 is 0. The fourth-order valence-corrected chi connectivity index (χ4v) is 5.82. The van der Waals surface area contributed by atoms with Gasteiger partial charge in [0.15, 0.2) is 0 Å². The summed E-state index contributed by atoms with van der Waals surface area (Å²) in [4.78, 5) is 2.39. The molecule has 0 atom stereocenters. The predicted molar refractivity (Wildman–Crippen MR) is 161 cm³/mol. The lowest BCUT2D eigenvalue weighted by Crippen LogP contribution is -2.10. The van der Waals surface area contributed by atoms with E-state index in [1.165, 1.54) is 32.3 Å². The maximum atomic E-state index is 6.17. The number of hydrogen-bond acceptors (Lipinski definition) is 2. The number of fused-ring (bicyclic) bond motifs is 7. The van der Waals surface area contributed by atoms with Crippen molar-refractivity contribution >= 4 is 71.3 Å². The highest BCUT2D eigenvalue weighted by Gasteiger charge is 2.19. The minimum atomic E-state index is 0.900. The van der Waals surface area contributed by atoms with Crippen molar-refractivity contribution in [2.45, 2.75) is 0 Å². The standard InChI is InChI=1S/C36H23NO/c1-2-10-25-21-27(18-17-24(25)9-1)37(28-19-20-36-33(23-28)32-15-7-8-16-35(32)38-36)34-22-26-11-3-4-12-29(26)30-13-5-6-14-31(30)34/h1-23H. The Bertz CT molecular complexity index is 2150. The molecule has 178 valence electrons. The Balaban J connectivity index is 1.47. The van der Waals surface area contributed by atoms with E-state index < -0.39 is 0 Å². The van der Waals surface area contributed by atoms with Gasteiger partial charge in [-0.3, -0.25) is 0 Å². The zero-order valence-electron chi connectivity index (χ0n) is 20.6. The van der Waals surface area contributed by atoms with Crippen LogP contribution in [0, 0.1) is 0 Å². The summed E-state index contributed by atoms with van der Waals surface area (Å²) in [7, 11) is 0. The Kier molecular flexibility index (Phi) is 4.55. The average molecular weight is 486 g/mol. The SMILES string of the molecule is c1ccc2cc(N(c3ccc4oc5ccccc5c4c3)c3cc4ccccc4c4ccccc34)ccc2c1. The first kappa shape index (κ1) is 21.0. The van der Waals surface area contributed by atoms with Gasteiger partial charge in [0, 0.05) is 27.5 Å². The van der Waals surface area contributed by atoms with Crippen molar-refractivity contribution in [2.75, 3.05) is 4.90 Å². The molecule has 1 aromatic heterocycles. The minimum Gasteiger partial charge on any atom is -0.456 e. The van der Waals surface area contributed by atoms with Gasteiger partial charge >= 0.3 is 0 Å². The van der Waals surface area contributed by atoms with Crippen LogP contribution in [0.25, 0.3) is 54.3 Å². The molecule has 7 aromatic carbocycles. The number of anilines is 3. The van der Waals surface area contributed by atoms with Crippen LogP contribution in [0.1, 0.15) is 0 Å². The Hall–Kier alpha value is -5.08. The van der Waals surface area contributed by atoms with E-state index in [2.05, 4.69) is 132 Å². The van der Waals surface area contributed by atoms with E-state index in [9.17, 15) is 0 Å². The Morgan fingerprint density at radius 3 is 1.84 bits per heavy atom. The molecule has 0 spiro atoms. The van der Waals surface area contributed by atoms with Crippen molar-refractivity contribution in [2.24, 2.45) is 0 Å². The molecule has 0 saturated carbocycles. The lowest BCUT2D eigenvalue weighted by Gasteiger charge is -2.28. The summed E-state index contributed by atoms with van der Waals surface area (Å²) < 4.78 is 6.17. The molecule has 0 fully saturated rings. The molecular formula is C36H23NO. The second-order valence-electron chi connectivity index (χ2n) is 9.81. The van der Waals surface area contributed by atoms with Crippen LogP contribution >= 0.6 is 0 Å². The van der Waals surface area contributed by atoms with Crippen molar-refractivity contribution < 1.29 is 4.42 Å². The highest BCUT2D eigenvalue weighted by Crippen LogP contribution is 2.44. The van der Waals surface area contributed by atoms with Gasteiger partial charge in [-0.15, -0.1) is 0 Å². The molecule has 8 aromatic rings. The normalized spacial score (nSPS) is 11.7. The van der Waals surface area contributed by atoms with Gasteiger partial charge < -0.3 is 9.32 Å². The second kappa shape index (κ2) is 8.22. The maximum absolute atomic E-state index is 6.17. The maximum Gasteiger partial charge on any atom is 0.135 e. The lowest BCUT2D eigenvalue weighted by atomic mass is 9.98. The number of rotatable bonds is 3. The highest BCUT2D eigenvalue weighted by molar-refractivity contribution is 6.15. The number of hydrogen-bond donors (Lipinski definition) is 0. The van der Waals surface area contributed by atoms with Gasteiger partial charge in [0.2, 0.25) is 0 Å². The summed E-state index contributed by atoms with van der Waals surface area (Å²) in [6.45, 7) is 0. The Morgan fingerprint density at radius 1 is 0.368 bits per heavy atom. The van der Waals surface area contributed by atoms with Crippen molar-refractivity contribution in [1.29, 1.82) is 0 Å². The van der Waals surface area contributed by atoms with Gasteiger partial charge in [-0.1, -0.05) is 97.1 Å². The van der Waals surface area contributed by atoms with Gasteiger partial charge in [0.05, 0.1) is 5.69 Å². The van der Waals surface area contributed by atoms with Crippen LogP contribution in [0.3, 0.4) is 0 Å². The first-order valence-corrected chi connectivity index (χ1v) is 12.9. The first-order valence-electron chi connectivity index (χ1n) is 12.9. The predicted octanol–water partition coefficient (Wildman–Crippen LogP) is 10.5. The van der Waals surface area contributed by atoms with E-state index in [-0.39, 0.29) is 0 Å². The number of furan rings is 1. The van der Waals surface area contributed by atoms with Crippen LogP contribution in [0.15, 0.2) is 144 Å². The molecule has 0 aliphatic rings. The fourth-order valence-electron chi connectivity index (χ4n) is 5.82. The third-order valence-electron chi connectivity index (χ3n) is 7.60. The van der Waals surface area contributed by atoms with Gasteiger partial charge in [0.25, 0.3) is 0 Å².